The van der Waals surface area contributed by atoms with Crippen molar-refractivity contribution >= 4 is 23.3 Å². The van der Waals surface area contributed by atoms with Crippen molar-refractivity contribution in [1.82, 2.24) is 15.2 Å². The Hall–Kier alpha value is -1.63. The highest BCUT2D eigenvalue weighted by molar-refractivity contribution is 7.13. The lowest BCUT2D eigenvalue weighted by Gasteiger charge is -2.22. The lowest BCUT2D eigenvalue weighted by Crippen LogP contribution is -2.42. The van der Waals surface area contributed by atoms with Crippen LogP contribution in [-0.4, -0.2) is 39.6 Å². The fourth-order valence-corrected chi connectivity index (χ4v) is 3.18. The molecule has 0 atom stereocenters. The third-order valence-electron chi connectivity index (χ3n) is 3.83. The first kappa shape index (κ1) is 14.3. The van der Waals surface area contributed by atoms with Crippen LogP contribution in [0, 0.1) is 12.8 Å². The molecule has 2 N–H and O–H groups in total. The molecule has 0 spiro atoms. The Morgan fingerprint density at radius 3 is 2.62 bits per heavy atom. The van der Waals surface area contributed by atoms with Crippen molar-refractivity contribution in [3.05, 3.63) is 15.6 Å². The average molecular weight is 309 g/mol. The van der Waals surface area contributed by atoms with Gasteiger partial charge in [0.1, 0.15) is 9.88 Å². The van der Waals surface area contributed by atoms with Gasteiger partial charge in [-0.1, -0.05) is 0 Å². The van der Waals surface area contributed by atoms with Crippen LogP contribution in [0.3, 0.4) is 0 Å². The van der Waals surface area contributed by atoms with E-state index in [-0.39, 0.29) is 10.9 Å². The second-order valence-corrected chi connectivity index (χ2v) is 6.90. The Morgan fingerprint density at radius 1 is 1.38 bits per heavy atom. The monoisotopic (exact) mass is 309 g/mol. The molecule has 0 aromatic carbocycles. The fourth-order valence-electron chi connectivity index (χ4n) is 2.34. The molecule has 0 unspecified atom stereocenters. The van der Waals surface area contributed by atoms with Crippen LogP contribution in [-0.2, 0) is 6.54 Å². The first-order chi connectivity index (χ1) is 10.0. The van der Waals surface area contributed by atoms with Crippen molar-refractivity contribution < 1.29 is 14.7 Å². The summed E-state index contributed by atoms with van der Waals surface area (Å²) < 4.78 is 0. The summed E-state index contributed by atoms with van der Waals surface area (Å²) in [6.07, 6.45) is 4.65. The third kappa shape index (κ3) is 3.53. The Bertz CT molecular complexity index is 564. The average Bonchev–Trinajstić information content (AvgIpc) is 3.32. The number of aromatic nitrogens is 1. The van der Waals surface area contributed by atoms with Gasteiger partial charge >= 0.3 is 12.0 Å². The lowest BCUT2D eigenvalue weighted by molar-refractivity contribution is 0.0701. The molecule has 1 heterocycles. The Balaban J connectivity index is 1.56. The van der Waals surface area contributed by atoms with Crippen LogP contribution >= 0.6 is 11.3 Å². The number of aromatic carboxylic acids is 1. The number of nitrogens with zero attached hydrogens (tertiary/aromatic N) is 2. The summed E-state index contributed by atoms with van der Waals surface area (Å²) in [6, 6.07) is 0.354. The van der Waals surface area contributed by atoms with E-state index in [1.54, 1.807) is 6.92 Å². The number of rotatable bonds is 6. The molecule has 2 amide bonds. The number of hydrogen-bond donors (Lipinski definition) is 2. The topological polar surface area (TPSA) is 82.5 Å². The summed E-state index contributed by atoms with van der Waals surface area (Å²) in [7, 11) is 0. The van der Waals surface area contributed by atoms with E-state index in [1.807, 2.05) is 4.90 Å². The highest BCUT2D eigenvalue weighted by Gasteiger charge is 2.36. The molecular formula is C14H19N3O3S. The van der Waals surface area contributed by atoms with Gasteiger partial charge in [0.2, 0.25) is 0 Å². The molecule has 2 fully saturated rings. The molecule has 1 aromatic heterocycles. The van der Waals surface area contributed by atoms with E-state index in [0.717, 1.165) is 30.7 Å². The molecule has 2 aliphatic rings. The minimum absolute atomic E-state index is 0.0471. The van der Waals surface area contributed by atoms with E-state index in [1.165, 1.54) is 12.8 Å². The van der Waals surface area contributed by atoms with E-state index in [4.69, 9.17) is 5.11 Å². The number of carbonyl (C=O) groups is 2. The van der Waals surface area contributed by atoms with Crippen LogP contribution in [0.1, 0.15) is 46.1 Å². The molecule has 0 saturated heterocycles. The van der Waals surface area contributed by atoms with Crippen molar-refractivity contribution in [2.75, 3.05) is 6.54 Å². The summed E-state index contributed by atoms with van der Waals surface area (Å²) in [4.78, 5) is 29.6. The Kier molecular flexibility index (Phi) is 3.84. The SMILES string of the molecule is Cc1nc(CNC(=O)N(CC2CC2)C2CC2)sc1C(=O)O. The summed E-state index contributed by atoms with van der Waals surface area (Å²) in [6.45, 7) is 2.83. The number of aryl methyl sites for hydroxylation is 1. The van der Waals surface area contributed by atoms with Gasteiger partial charge in [-0.2, -0.15) is 0 Å². The van der Waals surface area contributed by atoms with Gasteiger partial charge in [-0.3, -0.25) is 0 Å². The number of carboxylic acid groups (broad SMARTS) is 1. The molecular weight excluding hydrogens is 290 g/mol. The van der Waals surface area contributed by atoms with E-state index < -0.39 is 5.97 Å². The maximum absolute atomic E-state index is 12.3. The molecule has 7 heteroatoms. The van der Waals surface area contributed by atoms with Gasteiger partial charge in [0.15, 0.2) is 0 Å². The number of urea groups is 1. The Labute approximate surface area is 127 Å². The zero-order valence-electron chi connectivity index (χ0n) is 12.0. The molecule has 114 valence electrons. The predicted molar refractivity (Wildman–Crippen MR) is 78.5 cm³/mol. The highest BCUT2D eigenvalue weighted by Crippen LogP contribution is 2.34. The molecule has 21 heavy (non-hydrogen) atoms. The zero-order valence-corrected chi connectivity index (χ0v) is 12.8. The van der Waals surface area contributed by atoms with Gasteiger partial charge in [0.05, 0.1) is 12.2 Å². The number of hydrogen-bond acceptors (Lipinski definition) is 4. The van der Waals surface area contributed by atoms with E-state index in [2.05, 4.69) is 10.3 Å². The highest BCUT2D eigenvalue weighted by atomic mass is 32.1. The fraction of sp³-hybridized carbons (Fsp3) is 0.643. The molecule has 6 nitrogen and oxygen atoms in total. The van der Waals surface area contributed by atoms with Gasteiger partial charge in [-0.15, -0.1) is 11.3 Å². The van der Waals surface area contributed by atoms with E-state index in [0.29, 0.717) is 29.2 Å². The second kappa shape index (κ2) is 5.63. The van der Waals surface area contributed by atoms with E-state index >= 15 is 0 Å². The number of thiazole rings is 1. The number of nitrogens with one attached hydrogen (secondary N) is 1. The Morgan fingerprint density at radius 2 is 2.10 bits per heavy atom. The first-order valence-corrected chi connectivity index (χ1v) is 8.10. The second-order valence-electron chi connectivity index (χ2n) is 5.81. The third-order valence-corrected chi connectivity index (χ3v) is 4.97. The minimum atomic E-state index is -0.962. The van der Waals surface area contributed by atoms with Crippen LogP contribution in [0.25, 0.3) is 0 Å². The minimum Gasteiger partial charge on any atom is -0.477 e. The molecule has 0 bridgehead atoms. The first-order valence-electron chi connectivity index (χ1n) is 7.28. The van der Waals surface area contributed by atoms with Gasteiger partial charge in [0, 0.05) is 12.6 Å². The van der Waals surface area contributed by atoms with Crippen molar-refractivity contribution in [3.63, 3.8) is 0 Å². The molecule has 1 aromatic rings. The summed E-state index contributed by atoms with van der Waals surface area (Å²) in [5.41, 5.74) is 0.508. The van der Waals surface area contributed by atoms with Gasteiger partial charge < -0.3 is 15.3 Å². The van der Waals surface area contributed by atoms with Gasteiger partial charge in [0.25, 0.3) is 0 Å². The predicted octanol–water partition coefficient (Wildman–Crippen LogP) is 2.23. The number of carbonyl (C=O) groups excluding carboxylic acids is 1. The molecule has 3 rings (SSSR count). The van der Waals surface area contributed by atoms with Crippen LogP contribution in [0.15, 0.2) is 0 Å². The van der Waals surface area contributed by atoms with Crippen LogP contribution < -0.4 is 5.32 Å². The molecule has 2 aliphatic carbocycles. The van der Waals surface area contributed by atoms with Crippen molar-refractivity contribution in [3.8, 4) is 0 Å². The summed E-state index contributed by atoms with van der Waals surface area (Å²) in [5.74, 6) is -0.284. The molecule has 0 radical (unpaired) electrons. The van der Waals surface area contributed by atoms with Crippen molar-refractivity contribution in [1.29, 1.82) is 0 Å². The number of amides is 2. The van der Waals surface area contributed by atoms with Crippen LogP contribution in [0.4, 0.5) is 4.79 Å². The van der Waals surface area contributed by atoms with Crippen LogP contribution in [0.2, 0.25) is 0 Å². The largest absolute Gasteiger partial charge is 0.477 e. The maximum atomic E-state index is 12.3. The summed E-state index contributed by atoms with van der Waals surface area (Å²) >= 11 is 1.13. The quantitative estimate of drug-likeness (QED) is 0.844. The molecule has 2 saturated carbocycles. The van der Waals surface area contributed by atoms with Gasteiger partial charge in [-0.05, 0) is 38.5 Å². The van der Waals surface area contributed by atoms with E-state index in [9.17, 15) is 9.59 Å². The smallest absolute Gasteiger partial charge is 0.347 e. The normalized spacial score (nSPS) is 17.6. The van der Waals surface area contributed by atoms with Crippen LogP contribution in [0.5, 0.6) is 0 Å². The van der Waals surface area contributed by atoms with Gasteiger partial charge in [-0.25, -0.2) is 14.6 Å². The maximum Gasteiger partial charge on any atom is 0.347 e. The lowest BCUT2D eigenvalue weighted by atomic mass is 10.3. The summed E-state index contributed by atoms with van der Waals surface area (Å²) in [5, 5.41) is 12.5. The van der Waals surface area contributed by atoms with Crippen molar-refractivity contribution in [2.24, 2.45) is 5.92 Å². The standard InChI is InChI=1S/C14H19N3O3S/c1-8-12(13(18)19)21-11(16-8)6-15-14(20)17(10-4-5-10)7-9-2-3-9/h9-10H,2-7H2,1H3,(H,15,20)(H,18,19). The zero-order chi connectivity index (χ0) is 15.0. The molecule has 0 aliphatic heterocycles. The number of carboxylic acids is 1. The van der Waals surface area contributed by atoms with Crippen molar-refractivity contribution in [2.45, 2.75) is 45.2 Å².